The zero-order valence-corrected chi connectivity index (χ0v) is 14.3. The lowest BCUT2D eigenvalue weighted by molar-refractivity contribution is -0.385. The van der Waals surface area contributed by atoms with Gasteiger partial charge in [-0.25, -0.2) is 4.39 Å². The first-order valence-corrected chi connectivity index (χ1v) is 8.52. The van der Waals surface area contributed by atoms with Gasteiger partial charge in [0, 0.05) is 41.0 Å². The summed E-state index contributed by atoms with van der Waals surface area (Å²) < 4.78 is 20.5. The number of non-ortho nitro benzene ring substituents is 1. The maximum absolute atomic E-state index is 14.1. The fourth-order valence-electron chi connectivity index (χ4n) is 2.51. The molecule has 0 bridgehead atoms. The predicted molar refractivity (Wildman–Crippen MR) is 98.8 cm³/mol. The van der Waals surface area contributed by atoms with Crippen molar-refractivity contribution < 1.29 is 14.1 Å². The largest absolute Gasteiger partial charge is 0.453 e. The number of rotatable bonds is 4. The van der Waals surface area contributed by atoms with E-state index in [1.807, 2.05) is 6.07 Å². The number of hydrogen-bond donors (Lipinski definition) is 1. The average molecular weight is 383 g/mol. The van der Waals surface area contributed by atoms with Crippen LogP contribution in [0.5, 0.6) is 11.5 Å². The number of halogens is 1. The number of H-pyrrole nitrogens is 1. The summed E-state index contributed by atoms with van der Waals surface area (Å²) in [6, 6.07) is 9.76. The smallest absolute Gasteiger partial charge is 0.272 e. The molecular weight excluding hydrogens is 373 g/mol. The molecule has 3 aromatic heterocycles. The van der Waals surface area contributed by atoms with Crippen molar-refractivity contribution in [1.29, 1.82) is 0 Å². The molecule has 0 saturated heterocycles. The van der Waals surface area contributed by atoms with Gasteiger partial charge in [-0.05, 0) is 18.2 Å². The maximum Gasteiger partial charge on any atom is 0.272 e. The molecule has 0 fully saturated rings. The van der Waals surface area contributed by atoms with Crippen LogP contribution >= 0.6 is 11.3 Å². The topological polar surface area (TPSA) is 98.1 Å². The molecular formula is C18H10FN3O4S. The number of nitrogens with one attached hydrogen (secondary N) is 1. The highest BCUT2D eigenvalue weighted by Gasteiger charge is 2.15. The van der Waals surface area contributed by atoms with Gasteiger partial charge in [-0.15, -0.1) is 11.3 Å². The van der Waals surface area contributed by atoms with Gasteiger partial charge < -0.3 is 9.72 Å². The highest BCUT2D eigenvalue weighted by atomic mass is 32.1. The standard InChI is InChI=1S/C18H10FN3O4S/c19-12-7-11(22(24)25)2-3-14(12)26-15-5-6-20-13-8-16(27-18(13)15)10-1-4-17(23)21-9-10/h1-9H,(H,21,23). The SMILES string of the molecule is O=c1ccc(-c2cc3nccc(Oc4ccc([N+](=O)[O-])cc4F)c3s2)c[nH]1. The third-order valence-electron chi connectivity index (χ3n) is 3.79. The van der Waals surface area contributed by atoms with Gasteiger partial charge in [0.2, 0.25) is 5.56 Å². The van der Waals surface area contributed by atoms with Gasteiger partial charge in [0.25, 0.3) is 5.69 Å². The van der Waals surface area contributed by atoms with Crippen molar-refractivity contribution in [2.45, 2.75) is 0 Å². The summed E-state index contributed by atoms with van der Waals surface area (Å²) in [6.07, 6.45) is 3.13. The lowest BCUT2D eigenvalue weighted by Gasteiger charge is -2.07. The van der Waals surface area contributed by atoms with Crippen LogP contribution in [0.4, 0.5) is 10.1 Å². The normalized spacial score (nSPS) is 10.9. The molecule has 0 spiro atoms. The molecule has 3 heterocycles. The monoisotopic (exact) mass is 383 g/mol. The Bertz CT molecular complexity index is 1210. The van der Waals surface area contributed by atoms with Crippen molar-refractivity contribution in [1.82, 2.24) is 9.97 Å². The Labute approximate surface area is 154 Å². The van der Waals surface area contributed by atoms with Crippen LogP contribution in [-0.2, 0) is 0 Å². The second-order valence-corrected chi connectivity index (χ2v) is 6.60. The van der Waals surface area contributed by atoms with E-state index in [4.69, 9.17) is 4.74 Å². The highest BCUT2D eigenvalue weighted by Crippen LogP contribution is 2.39. The lowest BCUT2D eigenvalue weighted by Crippen LogP contribution is -2.00. The number of benzene rings is 1. The summed E-state index contributed by atoms with van der Waals surface area (Å²) in [6.45, 7) is 0. The number of hydrogen-bond acceptors (Lipinski definition) is 6. The van der Waals surface area contributed by atoms with Crippen LogP contribution in [0.15, 0.2) is 59.7 Å². The number of nitrogens with zero attached hydrogens (tertiary/aromatic N) is 2. The first-order valence-electron chi connectivity index (χ1n) is 7.71. The van der Waals surface area contributed by atoms with Gasteiger partial charge in [0.15, 0.2) is 11.6 Å². The van der Waals surface area contributed by atoms with Crippen molar-refractivity contribution in [3.8, 4) is 21.9 Å². The van der Waals surface area contributed by atoms with Gasteiger partial charge in [0.1, 0.15) is 5.75 Å². The predicted octanol–water partition coefficient (Wildman–Crippen LogP) is 4.49. The zero-order valence-electron chi connectivity index (χ0n) is 13.5. The summed E-state index contributed by atoms with van der Waals surface area (Å²) >= 11 is 1.38. The summed E-state index contributed by atoms with van der Waals surface area (Å²) in [5.74, 6) is -0.563. The van der Waals surface area contributed by atoms with Gasteiger partial charge in [-0.2, -0.15) is 0 Å². The Kier molecular flexibility index (Phi) is 4.13. The number of nitro benzene ring substituents is 1. The Hall–Kier alpha value is -3.59. The summed E-state index contributed by atoms with van der Waals surface area (Å²) in [4.78, 5) is 29.0. The first-order chi connectivity index (χ1) is 13.0. The first kappa shape index (κ1) is 16.9. The van der Waals surface area contributed by atoms with Crippen LogP contribution in [0.25, 0.3) is 20.7 Å². The third kappa shape index (κ3) is 3.27. The Morgan fingerprint density at radius 1 is 1.15 bits per heavy atom. The van der Waals surface area contributed by atoms with Crippen molar-refractivity contribution in [3.05, 3.63) is 81.1 Å². The molecule has 0 aliphatic rings. The van der Waals surface area contributed by atoms with Gasteiger partial charge in [-0.3, -0.25) is 19.9 Å². The molecule has 0 aliphatic carbocycles. The number of aromatic nitrogens is 2. The van der Waals surface area contributed by atoms with Gasteiger partial charge in [-0.1, -0.05) is 0 Å². The minimum Gasteiger partial charge on any atom is -0.453 e. The molecule has 7 nitrogen and oxygen atoms in total. The molecule has 0 atom stereocenters. The van der Waals surface area contributed by atoms with Crippen molar-refractivity contribution in [2.24, 2.45) is 0 Å². The van der Waals surface area contributed by atoms with Crippen LogP contribution in [0.2, 0.25) is 0 Å². The quantitative estimate of drug-likeness (QED) is 0.413. The molecule has 1 aromatic carbocycles. The molecule has 0 saturated carbocycles. The second kappa shape index (κ2) is 6.61. The van der Waals surface area contributed by atoms with Gasteiger partial charge >= 0.3 is 0 Å². The van der Waals surface area contributed by atoms with E-state index >= 15 is 0 Å². The van der Waals surface area contributed by atoms with Crippen LogP contribution in [0.1, 0.15) is 0 Å². The molecule has 0 aliphatic heterocycles. The number of nitro groups is 1. The molecule has 27 heavy (non-hydrogen) atoms. The van der Waals surface area contributed by atoms with Crippen molar-refractivity contribution in [3.63, 3.8) is 0 Å². The van der Waals surface area contributed by atoms with E-state index in [1.54, 1.807) is 18.3 Å². The van der Waals surface area contributed by atoms with Gasteiger partial charge in [0.05, 0.1) is 21.2 Å². The van der Waals surface area contributed by atoms with E-state index < -0.39 is 10.7 Å². The van der Waals surface area contributed by atoms with Crippen LogP contribution in [0.3, 0.4) is 0 Å². The highest BCUT2D eigenvalue weighted by molar-refractivity contribution is 7.22. The maximum atomic E-state index is 14.1. The molecule has 0 amide bonds. The number of aromatic amines is 1. The molecule has 134 valence electrons. The van der Waals surface area contributed by atoms with E-state index in [2.05, 4.69) is 9.97 Å². The molecule has 4 rings (SSSR count). The molecule has 0 radical (unpaired) electrons. The van der Waals surface area contributed by atoms with Crippen LogP contribution in [-0.4, -0.2) is 14.9 Å². The molecule has 9 heteroatoms. The molecule has 1 N–H and O–H groups in total. The van der Waals surface area contributed by atoms with E-state index in [0.717, 1.165) is 16.5 Å². The summed E-state index contributed by atoms with van der Waals surface area (Å²) in [5, 5.41) is 10.7. The molecule has 0 unspecified atom stereocenters. The molecule has 4 aromatic rings. The number of fused-ring (bicyclic) bond motifs is 1. The third-order valence-corrected chi connectivity index (χ3v) is 4.98. The minimum absolute atomic E-state index is 0.118. The number of pyridine rings is 2. The Morgan fingerprint density at radius 3 is 2.70 bits per heavy atom. The average Bonchev–Trinajstić information content (AvgIpc) is 3.09. The Balaban J connectivity index is 1.73. The van der Waals surface area contributed by atoms with E-state index in [1.165, 1.54) is 35.7 Å². The van der Waals surface area contributed by atoms with Crippen molar-refractivity contribution in [2.75, 3.05) is 0 Å². The van der Waals surface area contributed by atoms with E-state index in [9.17, 15) is 19.3 Å². The second-order valence-electron chi connectivity index (χ2n) is 5.55. The summed E-state index contributed by atoms with van der Waals surface area (Å²) in [5.41, 5.74) is 0.915. The van der Waals surface area contributed by atoms with Crippen LogP contribution in [0, 0.1) is 15.9 Å². The Morgan fingerprint density at radius 2 is 2.00 bits per heavy atom. The minimum atomic E-state index is -0.827. The fourth-order valence-corrected chi connectivity index (χ4v) is 3.57. The van der Waals surface area contributed by atoms with Crippen LogP contribution < -0.4 is 10.3 Å². The number of thiophene rings is 1. The lowest BCUT2D eigenvalue weighted by atomic mass is 10.2. The van der Waals surface area contributed by atoms with E-state index in [-0.39, 0.29) is 17.0 Å². The van der Waals surface area contributed by atoms with E-state index in [0.29, 0.717) is 16.0 Å². The fraction of sp³-hybridized carbons (Fsp3) is 0. The summed E-state index contributed by atoms with van der Waals surface area (Å²) in [7, 11) is 0. The van der Waals surface area contributed by atoms with Crippen molar-refractivity contribution >= 4 is 27.2 Å². The zero-order chi connectivity index (χ0) is 19.0. The number of ether oxygens (including phenoxy) is 1.